The molecular weight excluding hydrogens is 342 g/mol. The normalized spacial score (nSPS) is 15.1. The molecule has 0 atom stereocenters. The molecule has 2 heterocycles. The average molecular weight is 369 g/mol. The summed E-state index contributed by atoms with van der Waals surface area (Å²) in [5.41, 5.74) is 2.37. The van der Waals surface area contributed by atoms with Gasteiger partial charge in [0.2, 0.25) is 0 Å². The minimum atomic E-state index is -0.880. The number of carboxylic acid groups (broad SMARTS) is 1. The van der Waals surface area contributed by atoms with Gasteiger partial charge in [0.15, 0.2) is 5.76 Å². The Bertz CT molecular complexity index is 794. The molecule has 1 N–H and O–H groups in total. The van der Waals surface area contributed by atoms with Crippen molar-refractivity contribution in [3.05, 3.63) is 58.5 Å². The second kappa shape index (κ2) is 8.42. The van der Waals surface area contributed by atoms with E-state index in [0.717, 1.165) is 49.0 Å². The van der Waals surface area contributed by atoms with Crippen LogP contribution < -0.4 is 0 Å². The van der Waals surface area contributed by atoms with Crippen molar-refractivity contribution < 1.29 is 19.1 Å². The van der Waals surface area contributed by atoms with Gasteiger partial charge in [-0.3, -0.25) is 4.79 Å². The third-order valence-electron chi connectivity index (χ3n) is 5.47. The minimum absolute atomic E-state index is 0.0335. The predicted molar refractivity (Wildman–Crippen MR) is 103 cm³/mol. The molecule has 1 saturated heterocycles. The van der Waals surface area contributed by atoms with Gasteiger partial charge in [0.05, 0.1) is 5.56 Å². The zero-order valence-electron chi connectivity index (χ0n) is 16.0. The van der Waals surface area contributed by atoms with Crippen molar-refractivity contribution in [2.45, 2.75) is 46.0 Å². The van der Waals surface area contributed by atoms with E-state index >= 15 is 0 Å². The Hall–Kier alpha value is -2.56. The molecule has 1 aliphatic heterocycles. The maximum absolute atomic E-state index is 12.8. The molecule has 0 saturated carbocycles. The molecule has 27 heavy (non-hydrogen) atoms. The standard InChI is InChI=1S/C22H27NO4/c1-3-16-14-20(27-19(16)4-2)21(24)23-11-9-15(10-12-23)13-17-7-5-6-8-18(17)22(25)26/h5-8,14-15H,3-4,9-13H2,1-2H3,(H,25,26). The third kappa shape index (κ3) is 4.24. The van der Waals surface area contributed by atoms with Gasteiger partial charge >= 0.3 is 5.97 Å². The molecule has 1 aromatic carbocycles. The molecule has 1 amide bonds. The summed E-state index contributed by atoms with van der Waals surface area (Å²) in [5, 5.41) is 9.34. The number of likely N-dealkylation sites (tertiary alicyclic amines) is 1. The zero-order chi connectivity index (χ0) is 19.4. The highest BCUT2D eigenvalue weighted by atomic mass is 16.4. The highest BCUT2D eigenvalue weighted by Crippen LogP contribution is 2.26. The molecule has 1 fully saturated rings. The van der Waals surface area contributed by atoms with E-state index in [2.05, 4.69) is 6.92 Å². The highest BCUT2D eigenvalue weighted by Gasteiger charge is 2.27. The summed E-state index contributed by atoms with van der Waals surface area (Å²) in [6.07, 6.45) is 4.15. The first kappa shape index (κ1) is 19.2. The number of carbonyl (C=O) groups excluding carboxylic acids is 1. The molecule has 5 heteroatoms. The van der Waals surface area contributed by atoms with Crippen LogP contribution in [-0.4, -0.2) is 35.0 Å². The van der Waals surface area contributed by atoms with Crippen molar-refractivity contribution >= 4 is 11.9 Å². The Morgan fingerprint density at radius 2 is 1.81 bits per heavy atom. The van der Waals surface area contributed by atoms with Gasteiger partial charge in [-0.25, -0.2) is 4.79 Å². The first-order valence-electron chi connectivity index (χ1n) is 9.75. The van der Waals surface area contributed by atoms with Crippen molar-refractivity contribution in [2.24, 2.45) is 5.92 Å². The van der Waals surface area contributed by atoms with E-state index in [9.17, 15) is 14.7 Å². The van der Waals surface area contributed by atoms with Crippen molar-refractivity contribution in [3.63, 3.8) is 0 Å². The van der Waals surface area contributed by atoms with Gasteiger partial charge in [-0.2, -0.15) is 0 Å². The number of furan rings is 1. The molecule has 5 nitrogen and oxygen atoms in total. The van der Waals surface area contributed by atoms with Crippen LogP contribution in [0.3, 0.4) is 0 Å². The average Bonchev–Trinajstić information content (AvgIpc) is 3.12. The SMILES string of the molecule is CCc1cc(C(=O)N2CCC(Cc3ccccc3C(=O)O)CC2)oc1CC. The zero-order valence-corrected chi connectivity index (χ0v) is 16.0. The summed E-state index contributed by atoms with van der Waals surface area (Å²) in [6.45, 7) is 5.47. The first-order chi connectivity index (χ1) is 13.0. The molecule has 144 valence electrons. The maximum Gasteiger partial charge on any atom is 0.335 e. The lowest BCUT2D eigenvalue weighted by molar-refractivity contribution is 0.0656. The Morgan fingerprint density at radius 3 is 2.41 bits per heavy atom. The molecule has 0 bridgehead atoms. The van der Waals surface area contributed by atoms with Crippen LogP contribution in [-0.2, 0) is 19.3 Å². The van der Waals surface area contributed by atoms with Gasteiger partial charge in [-0.1, -0.05) is 32.0 Å². The monoisotopic (exact) mass is 369 g/mol. The van der Waals surface area contributed by atoms with Crippen LogP contribution in [0.4, 0.5) is 0 Å². The quantitative estimate of drug-likeness (QED) is 0.828. The molecule has 0 aliphatic carbocycles. The van der Waals surface area contributed by atoms with Crippen LogP contribution >= 0.6 is 0 Å². The summed E-state index contributed by atoms with van der Waals surface area (Å²) in [7, 11) is 0. The largest absolute Gasteiger partial charge is 0.478 e. The second-order valence-corrected chi connectivity index (χ2v) is 7.17. The Morgan fingerprint density at radius 1 is 1.11 bits per heavy atom. The highest BCUT2D eigenvalue weighted by molar-refractivity contribution is 5.92. The molecule has 3 rings (SSSR count). The molecule has 0 unspecified atom stereocenters. The molecule has 1 aromatic heterocycles. The number of rotatable bonds is 6. The molecule has 2 aromatic rings. The molecule has 0 spiro atoms. The topological polar surface area (TPSA) is 70.8 Å². The summed E-state index contributed by atoms with van der Waals surface area (Å²) in [4.78, 5) is 26.0. The van der Waals surface area contributed by atoms with Crippen molar-refractivity contribution in [1.82, 2.24) is 4.90 Å². The summed E-state index contributed by atoms with van der Waals surface area (Å²) >= 11 is 0. The Kier molecular flexibility index (Phi) is 5.99. The molecule has 0 radical (unpaired) electrons. The van der Waals surface area contributed by atoms with Gasteiger partial charge in [0.25, 0.3) is 5.91 Å². The van der Waals surface area contributed by atoms with Crippen molar-refractivity contribution in [1.29, 1.82) is 0 Å². The number of carboxylic acids is 1. The van der Waals surface area contributed by atoms with E-state index in [1.165, 1.54) is 0 Å². The van der Waals surface area contributed by atoms with Crippen LogP contribution in [0.5, 0.6) is 0 Å². The van der Waals surface area contributed by atoms with Crippen molar-refractivity contribution in [3.8, 4) is 0 Å². The molecule has 1 aliphatic rings. The number of nitrogens with zero attached hydrogens (tertiary/aromatic N) is 1. The molecular formula is C22H27NO4. The Balaban J connectivity index is 1.61. The van der Waals surface area contributed by atoms with E-state index in [1.807, 2.05) is 30.0 Å². The van der Waals surface area contributed by atoms with Gasteiger partial charge in [0, 0.05) is 19.5 Å². The lowest BCUT2D eigenvalue weighted by Gasteiger charge is -2.31. The fourth-order valence-electron chi connectivity index (χ4n) is 3.88. The smallest absolute Gasteiger partial charge is 0.335 e. The number of aromatic carboxylic acids is 1. The number of hydrogen-bond donors (Lipinski definition) is 1. The van der Waals surface area contributed by atoms with Gasteiger partial charge in [0.1, 0.15) is 5.76 Å². The lowest BCUT2D eigenvalue weighted by atomic mass is 9.88. The first-order valence-corrected chi connectivity index (χ1v) is 9.75. The minimum Gasteiger partial charge on any atom is -0.478 e. The fraction of sp³-hybridized carbons (Fsp3) is 0.455. The second-order valence-electron chi connectivity index (χ2n) is 7.17. The summed E-state index contributed by atoms with van der Waals surface area (Å²) in [5.74, 6) is 0.825. The fourth-order valence-corrected chi connectivity index (χ4v) is 3.88. The van der Waals surface area contributed by atoms with Crippen LogP contribution in [0.25, 0.3) is 0 Å². The van der Waals surface area contributed by atoms with Gasteiger partial charge in [-0.05, 0) is 54.9 Å². The van der Waals surface area contributed by atoms with Crippen LogP contribution in [0.15, 0.2) is 34.7 Å². The maximum atomic E-state index is 12.8. The number of carbonyl (C=O) groups is 2. The van der Waals surface area contributed by atoms with E-state index in [0.29, 0.717) is 30.3 Å². The van der Waals surface area contributed by atoms with E-state index in [4.69, 9.17) is 4.42 Å². The number of aryl methyl sites for hydroxylation is 2. The van der Waals surface area contributed by atoms with Gasteiger partial charge < -0.3 is 14.4 Å². The van der Waals surface area contributed by atoms with E-state index < -0.39 is 5.97 Å². The Labute approximate surface area is 160 Å². The van der Waals surface area contributed by atoms with Crippen LogP contribution in [0.2, 0.25) is 0 Å². The number of piperidine rings is 1. The summed E-state index contributed by atoms with van der Waals surface area (Å²) < 4.78 is 5.78. The number of amides is 1. The van der Waals surface area contributed by atoms with Gasteiger partial charge in [-0.15, -0.1) is 0 Å². The van der Waals surface area contributed by atoms with Crippen molar-refractivity contribution in [2.75, 3.05) is 13.1 Å². The summed E-state index contributed by atoms with van der Waals surface area (Å²) in [6, 6.07) is 9.07. The van der Waals surface area contributed by atoms with Crippen LogP contribution in [0, 0.1) is 5.92 Å². The lowest BCUT2D eigenvalue weighted by Crippen LogP contribution is -2.38. The predicted octanol–water partition coefficient (Wildman–Crippen LogP) is 4.20. The number of benzene rings is 1. The van der Waals surface area contributed by atoms with E-state index in [1.54, 1.807) is 12.1 Å². The number of hydrogen-bond acceptors (Lipinski definition) is 3. The third-order valence-corrected chi connectivity index (χ3v) is 5.47. The van der Waals surface area contributed by atoms with Crippen LogP contribution in [0.1, 0.15) is 64.5 Å². The van der Waals surface area contributed by atoms with E-state index in [-0.39, 0.29) is 5.91 Å².